The molecule has 1 atom stereocenters. The van der Waals surface area contributed by atoms with E-state index in [1.807, 2.05) is 34.7 Å². The van der Waals surface area contributed by atoms with Gasteiger partial charge in [0.1, 0.15) is 0 Å². The first-order valence-electron chi connectivity index (χ1n) is 5.73. The van der Waals surface area contributed by atoms with Crippen LogP contribution in [-0.4, -0.2) is 27.0 Å². The number of nitrogens with zero attached hydrogens (tertiary/aromatic N) is 2. The first-order chi connectivity index (χ1) is 7.62. The number of aromatic nitrogens is 2. The Bertz CT molecular complexity index is 409. The number of hydrogen-bond donors (Lipinski definition) is 2. The average Bonchev–Trinajstić information content (AvgIpc) is 2.43. The minimum Gasteiger partial charge on any atom is -0.388 e. The molecule has 3 N–H and O–H groups in total. The smallest absolute Gasteiger partial charge is 0.0872 e. The highest BCUT2D eigenvalue weighted by atomic mass is 35.5. The van der Waals surface area contributed by atoms with E-state index < -0.39 is 5.60 Å². The van der Waals surface area contributed by atoms with E-state index in [1.165, 1.54) is 0 Å². The molecule has 1 heterocycles. The SMILES string of the molecule is Cc1nn(C)c(CC(O)(CN)C(C)(C)C)c1Cl. The maximum Gasteiger partial charge on any atom is 0.0872 e. The Morgan fingerprint density at radius 3 is 2.24 bits per heavy atom. The number of nitrogens with two attached hydrogens (primary N) is 1. The molecular formula is C12H22ClN3O. The van der Waals surface area contributed by atoms with Crippen molar-refractivity contribution in [3.05, 3.63) is 16.4 Å². The summed E-state index contributed by atoms with van der Waals surface area (Å²) in [7, 11) is 1.83. The number of aryl methyl sites for hydroxylation is 2. The van der Waals surface area contributed by atoms with Gasteiger partial charge in [-0.1, -0.05) is 32.4 Å². The van der Waals surface area contributed by atoms with Gasteiger partial charge in [0, 0.05) is 20.0 Å². The third-order valence-electron chi connectivity index (χ3n) is 3.46. The fraction of sp³-hybridized carbons (Fsp3) is 0.750. The summed E-state index contributed by atoms with van der Waals surface area (Å²) >= 11 is 6.19. The second-order valence-electron chi connectivity index (χ2n) is 5.63. The van der Waals surface area contributed by atoms with Gasteiger partial charge >= 0.3 is 0 Å². The lowest BCUT2D eigenvalue weighted by molar-refractivity contribution is -0.0503. The molecule has 0 aromatic carbocycles. The van der Waals surface area contributed by atoms with E-state index in [2.05, 4.69) is 5.10 Å². The fourth-order valence-corrected chi connectivity index (χ4v) is 2.02. The first kappa shape index (κ1) is 14.5. The van der Waals surface area contributed by atoms with Crippen LogP contribution in [0.1, 0.15) is 32.2 Å². The number of hydrogen-bond acceptors (Lipinski definition) is 3. The fourth-order valence-electron chi connectivity index (χ4n) is 1.79. The molecule has 1 unspecified atom stereocenters. The summed E-state index contributed by atoms with van der Waals surface area (Å²) in [6, 6.07) is 0. The molecule has 0 spiro atoms. The lowest BCUT2D eigenvalue weighted by Gasteiger charge is -2.39. The van der Waals surface area contributed by atoms with Crippen molar-refractivity contribution in [2.24, 2.45) is 18.2 Å². The van der Waals surface area contributed by atoms with Crippen molar-refractivity contribution in [2.45, 2.75) is 39.7 Å². The van der Waals surface area contributed by atoms with Crippen molar-refractivity contribution in [1.82, 2.24) is 9.78 Å². The van der Waals surface area contributed by atoms with Crippen molar-refractivity contribution in [3.63, 3.8) is 0 Å². The summed E-state index contributed by atoms with van der Waals surface area (Å²) in [6.45, 7) is 7.95. The van der Waals surface area contributed by atoms with Crippen molar-refractivity contribution in [2.75, 3.05) is 6.54 Å². The molecule has 0 saturated carbocycles. The Balaban J connectivity index is 3.12. The van der Waals surface area contributed by atoms with E-state index in [1.54, 1.807) is 4.68 Å². The zero-order chi connectivity index (χ0) is 13.4. The van der Waals surface area contributed by atoms with Gasteiger partial charge < -0.3 is 10.8 Å². The topological polar surface area (TPSA) is 64.1 Å². The second-order valence-corrected chi connectivity index (χ2v) is 6.01. The summed E-state index contributed by atoms with van der Waals surface area (Å²) in [5, 5.41) is 15.5. The van der Waals surface area contributed by atoms with Crippen molar-refractivity contribution in [3.8, 4) is 0 Å². The summed E-state index contributed by atoms with van der Waals surface area (Å²) in [5.41, 5.74) is 6.02. The molecule has 0 radical (unpaired) electrons. The summed E-state index contributed by atoms with van der Waals surface area (Å²) in [4.78, 5) is 0. The van der Waals surface area contributed by atoms with Crippen LogP contribution in [0.3, 0.4) is 0 Å². The monoisotopic (exact) mass is 259 g/mol. The molecule has 4 nitrogen and oxygen atoms in total. The summed E-state index contributed by atoms with van der Waals surface area (Å²) in [6.07, 6.45) is 0.406. The van der Waals surface area contributed by atoms with Crippen LogP contribution in [0.5, 0.6) is 0 Å². The van der Waals surface area contributed by atoms with Gasteiger partial charge in [0.2, 0.25) is 0 Å². The van der Waals surface area contributed by atoms with Crippen LogP contribution in [0.4, 0.5) is 0 Å². The molecule has 1 aromatic rings. The average molecular weight is 260 g/mol. The molecule has 5 heteroatoms. The Labute approximate surface area is 108 Å². The van der Waals surface area contributed by atoms with E-state index in [-0.39, 0.29) is 12.0 Å². The van der Waals surface area contributed by atoms with E-state index >= 15 is 0 Å². The van der Waals surface area contributed by atoms with Gasteiger partial charge in [-0.05, 0) is 12.3 Å². The van der Waals surface area contributed by atoms with Crippen LogP contribution < -0.4 is 5.73 Å². The zero-order valence-corrected chi connectivity index (χ0v) is 12.0. The van der Waals surface area contributed by atoms with Crippen molar-refractivity contribution in [1.29, 1.82) is 0 Å². The molecule has 17 heavy (non-hydrogen) atoms. The van der Waals surface area contributed by atoms with Gasteiger partial charge in [0.25, 0.3) is 0 Å². The highest BCUT2D eigenvalue weighted by molar-refractivity contribution is 6.31. The molecule has 1 rings (SSSR count). The molecule has 0 aliphatic rings. The molecule has 0 bridgehead atoms. The zero-order valence-electron chi connectivity index (χ0n) is 11.2. The Morgan fingerprint density at radius 1 is 1.41 bits per heavy atom. The van der Waals surface area contributed by atoms with Gasteiger partial charge in [0.05, 0.1) is 22.0 Å². The molecule has 0 aliphatic carbocycles. The predicted molar refractivity (Wildman–Crippen MR) is 70.1 cm³/mol. The molecule has 0 saturated heterocycles. The first-order valence-corrected chi connectivity index (χ1v) is 6.10. The van der Waals surface area contributed by atoms with E-state index in [0.29, 0.717) is 11.4 Å². The predicted octanol–water partition coefficient (Wildman–Crippen LogP) is 1.66. The van der Waals surface area contributed by atoms with Crippen LogP contribution in [0.15, 0.2) is 0 Å². The van der Waals surface area contributed by atoms with Crippen molar-refractivity contribution < 1.29 is 5.11 Å². The normalized spacial score (nSPS) is 16.0. The van der Waals surface area contributed by atoms with Crippen LogP contribution in [-0.2, 0) is 13.5 Å². The third-order valence-corrected chi connectivity index (χ3v) is 3.95. The Hall–Kier alpha value is -0.580. The van der Waals surface area contributed by atoms with Gasteiger partial charge in [-0.3, -0.25) is 4.68 Å². The van der Waals surface area contributed by atoms with Gasteiger partial charge in [-0.2, -0.15) is 5.10 Å². The lowest BCUT2D eigenvalue weighted by Crippen LogP contribution is -2.51. The van der Waals surface area contributed by atoms with Gasteiger partial charge in [-0.25, -0.2) is 0 Å². The molecule has 0 aliphatic heterocycles. The molecular weight excluding hydrogens is 238 g/mol. The molecule has 0 amide bonds. The van der Waals surface area contributed by atoms with Gasteiger partial charge in [0.15, 0.2) is 0 Å². The quantitative estimate of drug-likeness (QED) is 0.868. The third kappa shape index (κ3) is 2.64. The van der Waals surface area contributed by atoms with E-state index in [0.717, 1.165) is 11.4 Å². The van der Waals surface area contributed by atoms with Crippen molar-refractivity contribution >= 4 is 11.6 Å². The highest BCUT2D eigenvalue weighted by Gasteiger charge is 2.40. The minimum atomic E-state index is -0.989. The number of rotatable bonds is 3. The second kappa shape index (κ2) is 4.59. The minimum absolute atomic E-state index is 0.192. The number of halogens is 1. The van der Waals surface area contributed by atoms with Crippen LogP contribution in [0, 0.1) is 12.3 Å². The van der Waals surface area contributed by atoms with E-state index in [9.17, 15) is 5.11 Å². The molecule has 98 valence electrons. The largest absolute Gasteiger partial charge is 0.388 e. The Morgan fingerprint density at radius 2 is 1.94 bits per heavy atom. The summed E-state index contributed by atoms with van der Waals surface area (Å²) < 4.78 is 1.71. The maximum absolute atomic E-state index is 10.6. The van der Waals surface area contributed by atoms with E-state index in [4.69, 9.17) is 17.3 Å². The molecule has 1 aromatic heterocycles. The maximum atomic E-state index is 10.6. The van der Waals surface area contributed by atoms with Crippen LogP contribution in [0.2, 0.25) is 5.02 Å². The van der Waals surface area contributed by atoms with Crippen LogP contribution >= 0.6 is 11.6 Å². The Kier molecular flexibility index (Phi) is 3.91. The highest BCUT2D eigenvalue weighted by Crippen LogP contribution is 2.34. The number of aliphatic hydroxyl groups is 1. The van der Waals surface area contributed by atoms with Gasteiger partial charge in [-0.15, -0.1) is 0 Å². The lowest BCUT2D eigenvalue weighted by atomic mass is 9.74. The summed E-state index contributed by atoms with van der Waals surface area (Å²) in [5.74, 6) is 0. The molecule has 0 fully saturated rings. The standard InChI is InChI=1S/C12H22ClN3O/c1-8-10(13)9(16(5)15-8)6-12(17,7-14)11(2,3)4/h17H,6-7,14H2,1-5H3. The van der Waals surface area contributed by atoms with Crippen LogP contribution in [0.25, 0.3) is 0 Å².